The highest BCUT2D eigenvalue weighted by molar-refractivity contribution is 7.36. The Balaban J connectivity index is 2.28. The number of nitrogens with zero attached hydrogens (tertiary/aromatic N) is 3. The highest BCUT2D eigenvalue weighted by Crippen LogP contribution is 2.11. The van der Waals surface area contributed by atoms with E-state index in [1.807, 2.05) is 6.20 Å². The molecule has 15 heavy (non-hydrogen) atoms. The van der Waals surface area contributed by atoms with Gasteiger partial charge in [0, 0.05) is 19.9 Å². The summed E-state index contributed by atoms with van der Waals surface area (Å²) < 4.78 is 17.3. The smallest absolute Gasteiger partial charge is 0.258 e. The number of rotatable bonds is 7. The summed E-state index contributed by atoms with van der Waals surface area (Å²) in [5.41, 5.74) is 0.997. The van der Waals surface area contributed by atoms with Gasteiger partial charge in [0.1, 0.15) is 0 Å². The molecule has 0 saturated carbocycles. The third-order valence-corrected chi connectivity index (χ3v) is 2.80. The maximum absolute atomic E-state index is 10.9. The van der Waals surface area contributed by atoms with Crippen LogP contribution in [0.1, 0.15) is 19.0 Å². The first-order chi connectivity index (χ1) is 7.26. The fourth-order valence-corrected chi connectivity index (χ4v) is 1.62. The van der Waals surface area contributed by atoms with E-state index >= 15 is 0 Å². The lowest BCUT2D eigenvalue weighted by Crippen LogP contribution is -2.14. The van der Waals surface area contributed by atoms with E-state index in [0.717, 1.165) is 18.5 Å². The molecule has 0 aliphatic rings. The van der Waals surface area contributed by atoms with Crippen LogP contribution in [0.3, 0.4) is 0 Å². The third-order valence-electron chi connectivity index (χ3n) is 1.89. The van der Waals surface area contributed by atoms with Crippen molar-refractivity contribution in [3.63, 3.8) is 0 Å². The van der Waals surface area contributed by atoms with Crippen molar-refractivity contribution in [2.24, 2.45) is 0 Å². The van der Waals surface area contributed by atoms with E-state index in [4.69, 9.17) is 0 Å². The number of hydrogen-bond donors (Lipinski definition) is 1. The van der Waals surface area contributed by atoms with Crippen LogP contribution in [0.15, 0.2) is 6.20 Å². The highest BCUT2D eigenvalue weighted by atomic mass is 31.1. The topological polar surface area (TPSA) is 69.0 Å². The molecule has 1 atom stereocenters. The number of aryl methyl sites for hydroxylation is 1. The molecule has 0 radical (unpaired) electrons. The van der Waals surface area contributed by atoms with Crippen molar-refractivity contribution in [3.8, 4) is 0 Å². The summed E-state index contributed by atoms with van der Waals surface area (Å²) >= 11 is 0. The Morgan fingerprint density at radius 3 is 3.13 bits per heavy atom. The van der Waals surface area contributed by atoms with Gasteiger partial charge in [-0.1, -0.05) is 18.6 Å². The molecule has 1 unspecified atom stereocenters. The Kier molecular flexibility index (Phi) is 5.53. The lowest BCUT2D eigenvalue weighted by molar-refractivity contribution is 0.402. The van der Waals surface area contributed by atoms with Crippen LogP contribution in [-0.2, 0) is 22.1 Å². The van der Waals surface area contributed by atoms with Gasteiger partial charge in [-0.05, 0) is 6.42 Å². The van der Waals surface area contributed by atoms with Crippen LogP contribution < -0.4 is 5.09 Å². The van der Waals surface area contributed by atoms with Crippen molar-refractivity contribution in [3.05, 3.63) is 11.9 Å². The van der Waals surface area contributed by atoms with E-state index in [1.54, 1.807) is 4.68 Å². The minimum absolute atomic E-state index is 0.570. The van der Waals surface area contributed by atoms with Gasteiger partial charge in [-0.25, -0.2) is 5.09 Å². The van der Waals surface area contributed by atoms with Gasteiger partial charge in [0.05, 0.1) is 12.2 Å². The molecule has 0 aliphatic heterocycles. The summed E-state index contributed by atoms with van der Waals surface area (Å²) in [5.74, 6) is 0. The maximum atomic E-state index is 10.9. The van der Waals surface area contributed by atoms with Gasteiger partial charge in [-0.2, -0.15) is 0 Å². The standard InChI is InChI=1S/C8H17N4O2P/c1-3-4-8-7-12(11-10-8)6-5-9-15(13)14-2/h7,15H,3-6H2,1-2H3,(H,9,13). The van der Waals surface area contributed by atoms with Crippen LogP contribution in [-0.4, -0.2) is 28.6 Å². The van der Waals surface area contributed by atoms with Crippen molar-refractivity contribution >= 4 is 8.18 Å². The van der Waals surface area contributed by atoms with Crippen molar-refractivity contribution in [2.75, 3.05) is 13.7 Å². The molecule has 0 bridgehead atoms. The van der Waals surface area contributed by atoms with Crippen LogP contribution in [0.2, 0.25) is 0 Å². The summed E-state index contributed by atoms with van der Waals surface area (Å²) in [6.45, 7) is 3.32. The van der Waals surface area contributed by atoms with E-state index in [0.29, 0.717) is 13.1 Å². The molecule has 0 spiro atoms. The lowest BCUT2D eigenvalue weighted by atomic mass is 10.3. The van der Waals surface area contributed by atoms with Crippen LogP contribution in [0, 0.1) is 0 Å². The predicted molar refractivity (Wildman–Crippen MR) is 58.0 cm³/mol. The molecule has 1 heterocycles. The predicted octanol–water partition coefficient (Wildman–Crippen LogP) is 0.856. The van der Waals surface area contributed by atoms with Gasteiger partial charge >= 0.3 is 0 Å². The fourth-order valence-electron chi connectivity index (χ4n) is 1.16. The molecule has 1 rings (SSSR count). The van der Waals surface area contributed by atoms with Crippen LogP contribution in [0.5, 0.6) is 0 Å². The Labute approximate surface area is 89.9 Å². The first-order valence-electron chi connectivity index (χ1n) is 4.97. The van der Waals surface area contributed by atoms with E-state index in [9.17, 15) is 4.57 Å². The molecule has 1 N–H and O–H groups in total. The molecule has 1 aromatic rings. The zero-order valence-corrected chi connectivity index (χ0v) is 10.1. The average Bonchev–Trinajstić information content (AvgIpc) is 2.66. The quantitative estimate of drug-likeness (QED) is 0.706. The summed E-state index contributed by atoms with van der Waals surface area (Å²) in [7, 11) is -0.644. The zero-order chi connectivity index (χ0) is 11.1. The zero-order valence-electron chi connectivity index (χ0n) is 9.06. The van der Waals surface area contributed by atoms with Gasteiger partial charge in [0.2, 0.25) is 0 Å². The maximum Gasteiger partial charge on any atom is 0.258 e. The first-order valence-corrected chi connectivity index (χ1v) is 6.28. The van der Waals surface area contributed by atoms with Gasteiger partial charge in [-0.3, -0.25) is 9.25 Å². The number of hydrogen-bond acceptors (Lipinski definition) is 4. The summed E-state index contributed by atoms with van der Waals surface area (Å²) in [5, 5.41) is 10.7. The second-order valence-electron chi connectivity index (χ2n) is 3.14. The van der Waals surface area contributed by atoms with Gasteiger partial charge in [0.25, 0.3) is 8.18 Å². The molecule has 0 fully saturated rings. The van der Waals surface area contributed by atoms with Gasteiger partial charge in [0.15, 0.2) is 0 Å². The SMILES string of the molecule is CCCc1cn(CCN[PH](=O)OC)nn1. The largest absolute Gasteiger partial charge is 0.323 e. The lowest BCUT2D eigenvalue weighted by Gasteiger charge is -2.02. The molecule has 7 heteroatoms. The van der Waals surface area contributed by atoms with Crippen molar-refractivity contribution in [1.82, 2.24) is 20.1 Å². The molecular formula is C8H17N4O2P. The van der Waals surface area contributed by atoms with Crippen molar-refractivity contribution < 1.29 is 9.09 Å². The Morgan fingerprint density at radius 2 is 2.47 bits per heavy atom. The van der Waals surface area contributed by atoms with Crippen molar-refractivity contribution in [2.45, 2.75) is 26.3 Å². The minimum Gasteiger partial charge on any atom is -0.323 e. The van der Waals surface area contributed by atoms with Crippen LogP contribution >= 0.6 is 8.18 Å². The molecule has 0 amide bonds. The number of nitrogens with one attached hydrogen (secondary N) is 1. The summed E-state index contributed by atoms with van der Waals surface area (Å²) in [4.78, 5) is 0. The van der Waals surface area contributed by atoms with E-state index in [-0.39, 0.29) is 0 Å². The van der Waals surface area contributed by atoms with Crippen molar-refractivity contribution in [1.29, 1.82) is 0 Å². The Bertz CT molecular complexity index is 315. The molecular weight excluding hydrogens is 215 g/mol. The molecule has 86 valence electrons. The average molecular weight is 232 g/mol. The van der Waals surface area contributed by atoms with Crippen LogP contribution in [0.25, 0.3) is 0 Å². The summed E-state index contributed by atoms with van der Waals surface area (Å²) in [6, 6.07) is 0. The molecule has 0 aliphatic carbocycles. The Hall–Kier alpha value is -0.710. The van der Waals surface area contributed by atoms with E-state index in [2.05, 4.69) is 26.8 Å². The van der Waals surface area contributed by atoms with E-state index in [1.165, 1.54) is 7.11 Å². The fraction of sp³-hybridized carbons (Fsp3) is 0.750. The van der Waals surface area contributed by atoms with Gasteiger partial charge in [-0.15, -0.1) is 5.10 Å². The first kappa shape index (κ1) is 12.4. The molecule has 0 aromatic carbocycles. The molecule has 1 aromatic heterocycles. The van der Waals surface area contributed by atoms with Crippen LogP contribution in [0.4, 0.5) is 0 Å². The number of aromatic nitrogens is 3. The molecule has 0 saturated heterocycles. The minimum atomic E-state index is -2.06. The normalized spacial score (nSPS) is 12.9. The Morgan fingerprint density at radius 1 is 1.67 bits per heavy atom. The monoisotopic (exact) mass is 232 g/mol. The summed E-state index contributed by atoms with van der Waals surface area (Å²) in [6.07, 6.45) is 3.92. The third kappa shape index (κ3) is 4.55. The second-order valence-corrected chi connectivity index (χ2v) is 4.48. The van der Waals surface area contributed by atoms with Gasteiger partial charge < -0.3 is 4.52 Å². The second kappa shape index (κ2) is 6.71. The van der Waals surface area contributed by atoms with E-state index < -0.39 is 8.18 Å². The highest BCUT2D eigenvalue weighted by Gasteiger charge is 2.00. The molecule has 6 nitrogen and oxygen atoms in total.